The van der Waals surface area contributed by atoms with Crippen LogP contribution in [0, 0.1) is 0 Å². The number of anilines is 1. The van der Waals surface area contributed by atoms with Crippen LogP contribution < -0.4 is 4.90 Å². The number of carboxylic acids is 1. The van der Waals surface area contributed by atoms with E-state index in [1.165, 1.54) is 24.3 Å². The first-order chi connectivity index (χ1) is 27.3. The summed E-state index contributed by atoms with van der Waals surface area (Å²) in [7, 11) is -17.8. The summed E-state index contributed by atoms with van der Waals surface area (Å²) < 4.78 is 137. The van der Waals surface area contributed by atoms with E-state index in [1.54, 1.807) is 30.4 Å². The van der Waals surface area contributed by atoms with Crippen LogP contribution >= 0.6 is 0 Å². The SMILES string of the molecule is CCN1\C(=C/C=C/C=C/C2=[N+](CCCCCC(=O)O)c3ccc(S(=O)(=O)O)cc3C2(C)CCCCS(=O)(=O)O)C(C)(CCCCS(=O)(=O)O)c2cc(S(=O)(=O)[O-])ccc21. The van der Waals surface area contributed by atoms with Crippen molar-refractivity contribution < 1.29 is 66.4 Å². The lowest BCUT2D eigenvalue weighted by molar-refractivity contribution is -0.438. The molecule has 0 fully saturated rings. The van der Waals surface area contributed by atoms with Gasteiger partial charge in [0.1, 0.15) is 16.7 Å². The van der Waals surface area contributed by atoms with Crippen LogP contribution in [0.4, 0.5) is 11.4 Å². The van der Waals surface area contributed by atoms with Gasteiger partial charge in [-0.3, -0.25) is 18.5 Å². The molecule has 4 N–H and O–H groups in total. The highest BCUT2D eigenvalue weighted by atomic mass is 32.2. The van der Waals surface area contributed by atoms with Gasteiger partial charge < -0.3 is 14.6 Å². The predicted octanol–water partition coefficient (Wildman–Crippen LogP) is 5.75. The summed E-state index contributed by atoms with van der Waals surface area (Å²) in [4.78, 5) is 12.4. The van der Waals surface area contributed by atoms with E-state index in [9.17, 15) is 56.7 Å². The predicted molar refractivity (Wildman–Crippen MR) is 221 cm³/mol. The molecule has 0 radical (unpaired) electrons. The average Bonchev–Trinajstić information content (AvgIpc) is 3.50. The third-order valence-corrected chi connectivity index (χ3v) is 14.3. The maximum absolute atomic E-state index is 12.3. The maximum atomic E-state index is 12.3. The smallest absolute Gasteiger partial charge is 0.303 e. The first-order valence-corrected chi connectivity index (χ1v) is 25.2. The number of allylic oxidation sites excluding steroid dienone is 6. The minimum Gasteiger partial charge on any atom is -0.744 e. The lowest BCUT2D eigenvalue weighted by Crippen LogP contribution is -2.31. The van der Waals surface area contributed by atoms with Crippen molar-refractivity contribution in [3.8, 4) is 0 Å². The molecular formula is C39H52N2O14S4. The largest absolute Gasteiger partial charge is 0.744 e. The summed E-state index contributed by atoms with van der Waals surface area (Å²) >= 11 is 0. The minimum atomic E-state index is -4.80. The van der Waals surface area contributed by atoms with Crippen molar-refractivity contribution in [1.29, 1.82) is 0 Å². The van der Waals surface area contributed by atoms with Crippen LogP contribution in [-0.2, 0) is 56.1 Å². The van der Waals surface area contributed by atoms with E-state index in [-0.39, 0.29) is 24.2 Å². The topological polar surface area (TPSA) is 264 Å². The summed E-state index contributed by atoms with van der Waals surface area (Å²) in [5, 5.41) is 9.12. The molecule has 326 valence electrons. The molecule has 2 unspecified atom stereocenters. The van der Waals surface area contributed by atoms with Crippen LogP contribution in [0.1, 0.15) is 96.1 Å². The fourth-order valence-electron chi connectivity index (χ4n) is 8.09. The molecule has 0 saturated carbocycles. The summed E-state index contributed by atoms with van der Waals surface area (Å²) in [6.45, 7) is 6.54. The van der Waals surface area contributed by atoms with Gasteiger partial charge in [-0.25, -0.2) is 8.42 Å². The van der Waals surface area contributed by atoms with Crippen LogP contribution in [-0.4, -0.2) is 97.8 Å². The van der Waals surface area contributed by atoms with Gasteiger partial charge in [0.25, 0.3) is 30.4 Å². The molecule has 0 bridgehead atoms. The zero-order chi connectivity index (χ0) is 44.0. The van der Waals surface area contributed by atoms with Crippen LogP contribution in [0.3, 0.4) is 0 Å². The van der Waals surface area contributed by atoms with Gasteiger partial charge in [-0.2, -0.15) is 29.8 Å². The number of benzene rings is 2. The molecule has 4 rings (SSSR count). The molecule has 2 aromatic rings. The fraction of sp³-hybridized carbons (Fsp3) is 0.487. The third kappa shape index (κ3) is 12.2. The molecule has 2 atom stereocenters. The number of unbranched alkanes of at least 4 members (excludes halogenated alkanes) is 4. The van der Waals surface area contributed by atoms with Crippen molar-refractivity contribution in [2.24, 2.45) is 0 Å². The summed E-state index contributed by atoms with van der Waals surface area (Å²) in [5.74, 6) is -1.84. The van der Waals surface area contributed by atoms with Gasteiger partial charge in [-0.05, 0) is 101 Å². The van der Waals surface area contributed by atoms with Crippen LogP contribution in [0.5, 0.6) is 0 Å². The van der Waals surface area contributed by atoms with E-state index < -0.39 is 73.7 Å². The Bertz CT molecular complexity index is 2490. The normalized spacial score (nSPS) is 20.7. The highest BCUT2D eigenvalue weighted by Gasteiger charge is 2.48. The number of likely N-dealkylation sites (N-methyl/N-ethyl adjacent to an activating group) is 1. The van der Waals surface area contributed by atoms with E-state index in [4.69, 9.17) is 5.11 Å². The van der Waals surface area contributed by atoms with Crippen molar-refractivity contribution in [3.05, 3.63) is 83.6 Å². The van der Waals surface area contributed by atoms with Gasteiger partial charge >= 0.3 is 5.97 Å². The molecule has 2 aromatic carbocycles. The molecule has 16 nitrogen and oxygen atoms in total. The van der Waals surface area contributed by atoms with Crippen LogP contribution in [0.2, 0.25) is 0 Å². The molecule has 2 aliphatic rings. The van der Waals surface area contributed by atoms with Crippen molar-refractivity contribution in [1.82, 2.24) is 0 Å². The Kier molecular flexibility index (Phi) is 15.3. The first-order valence-electron chi connectivity index (χ1n) is 19.1. The number of carbonyl (C=O) groups is 1. The Balaban J connectivity index is 1.78. The quantitative estimate of drug-likeness (QED) is 0.0475. The molecule has 2 aliphatic heterocycles. The zero-order valence-corrected chi connectivity index (χ0v) is 36.4. The molecule has 0 amide bonds. The number of fused-ring (bicyclic) bond motifs is 2. The molecule has 59 heavy (non-hydrogen) atoms. The molecule has 0 spiro atoms. The number of carboxylic acid groups (broad SMARTS) is 1. The standard InChI is InChI=1S/C39H52N2O14S4/c1-4-40-33-20-18-29(58(50,51)52)27-31(33)38(2,22-10-13-25-56(44,45)46)35(40)15-7-5-8-16-36-39(3,23-11-14-26-57(47,48)49)32-28-30(59(53,54)55)19-21-34(32)41(36)24-12-6-9-17-37(42)43/h5,7-8,15-16,18-21,27-28H,4,6,9-14,17,22-26H2,1-3H3,(H4-,42,43,44,45,46,47,48,49,50,51,52,53,54,55). The van der Waals surface area contributed by atoms with E-state index in [0.717, 1.165) is 11.4 Å². The van der Waals surface area contributed by atoms with Gasteiger partial charge in [0.15, 0.2) is 5.71 Å². The van der Waals surface area contributed by atoms with Crippen molar-refractivity contribution in [2.75, 3.05) is 29.5 Å². The first kappa shape index (κ1) is 47.9. The second-order valence-corrected chi connectivity index (χ2v) is 21.2. The number of nitrogens with zero attached hydrogens (tertiary/aromatic N) is 2. The van der Waals surface area contributed by atoms with E-state index in [1.807, 2.05) is 42.4 Å². The van der Waals surface area contributed by atoms with Crippen LogP contribution in [0.25, 0.3) is 0 Å². The van der Waals surface area contributed by atoms with Gasteiger partial charge in [-0.1, -0.05) is 31.1 Å². The van der Waals surface area contributed by atoms with Crippen molar-refractivity contribution in [2.45, 2.75) is 106 Å². The van der Waals surface area contributed by atoms with E-state index in [0.29, 0.717) is 80.5 Å². The lowest BCUT2D eigenvalue weighted by atomic mass is 9.75. The second kappa shape index (κ2) is 18.9. The summed E-state index contributed by atoms with van der Waals surface area (Å²) in [6, 6.07) is 8.44. The van der Waals surface area contributed by atoms with Gasteiger partial charge in [0.05, 0.1) is 26.7 Å². The zero-order valence-electron chi connectivity index (χ0n) is 33.1. The van der Waals surface area contributed by atoms with Gasteiger partial charge in [0, 0.05) is 53.9 Å². The Morgan fingerprint density at radius 2 is 1.34 bits per heavy atom. The minimum absolute atomic E-state index is 0.000374. The fourth-order valence-corrected chi connectivity index (χ4v) is 10.2. The molecule has 0 saturated heterocycles. The van der Waals surface area contributed by atoms with Gasteiger partial charge in [-0.15, -0.1) is 0 Å². The highest BCUT2D eigenvalue weighted by molar-refractivity contribution is 7.86. The molecule has 0 aromatic heterocycles. The molecule has 0 aliphatic carbocycles. The molecule has 20 heteroatoms. The highest BCUT2D eigenvalue weighted by Crippen LogP contribution is 2.51. The van der Waals surface area contributed by atoms with Crippen molar-refractivity contribution >= 4 is 63.5 Å². The summed E-state index contributed by atoms with van der Waals surface area (Å²) in [5.41, 5.74) is 2.17. The van der Waals surface area contributed by atoms with E-state index >= 15 is 0 Å². The van der Waals surface area contributed by atoms with Gasteiger partial charge in [0.2, 0.25) is 5.69 Å². The van der Waals surface area contributed by atoms with Crippen LogP contribution in [0.15, 0.2) is 82.3 Å². The number of hydrogen-bond donors (Lipinski definition) is 4. The Morgan fingerprint density at radius 3 is 1.90 bits per heavy atom. The summed E-state index contributed by atoms with van der Waals surface area (Å²) in [6.07, 6.45) is 12.2. The lowest BCUT2D eigenvalue weighted by Gasteiger charge is -2.30. The Hall–Kier alpha value is -3.76. The third-order valence-electron chi connectivity index (χ3n) is 11.0. The maximum Gasteiger partial charge on any atom is 0.303 e. The number of aliphatic carboxylic acids is 1. The Morgan fingerprint density at radius 1 is 0.746 bits per heavy atom. The molecular weight excluding hydrogens is 849 g/mol. The average molecular weight is 901 g/mol. The van der Waals surface area contributed by atoms with Crippen molar-refractivity contribution in [3.63, 3.8) is 0 Å². The Labute approximate surface area is 347 Å². The number of rotatable bonds is 22. The second-order valence-electron chi connectivity index (χ2n) is 15.2. The number of hydrogen-bond acceptors (Lipinski definition) is 11. The monoisotopic (exact) mass is 900 g/mol. The molecule has 2 heterocycles. The van der Waals surface area contributed by atoms with E-state index in [2.05, 4.69) is 0 Å².